The van der Waals surface area contributed by atoms with E-state index >= 15 is 0 Å². The fraction of sp³-hybridized carbons (Fsp3) is 0.750. The molecule has 0 heterocycles. The first-order valence-corrected chi connectivity index (χ1v) is 2.30. The minimum Gasteiger partial charge on any atom is -0.411 e. The number of hydrogen-bond acceptors (Lipinski definition) is 4. The van der Waals surface area contributed by atoms with Gasteiger partial charge in [-0.25, -0.2) is 0 Å². The van der Waals surface area contributed by atoms with Gasteiger partial charge in [0.15, 0.2) is 0 Å². The second-order valence-electron chi connectivity index (χ2n) is 1.59. The Bertz CT molecular complexity index is 92.0. The van der Waals surface area contributed by atoms with E-state index in [0.29, 0.717) is 5.71 Å². The topological polar surface area (TPSA) is 64.9 Å². The SMILES string of the molecule is C/C(=N/O)C(C)NO. The summed E-state index contributed by atoms with van der Waals surface area (Å²) in [6.07, 6.45) is 0. The van der Waals surface area contributed by atoms with Crippen LogP contribution in [0.25, 0.3) is 0 Å². The average molecular weight is 118 g/mol. The second-order valence-corrected chi connectivity index (χ2v) is 1.59. The first-order chi connectivity index (χ1) is 3.72. The highest BCUT2D eigenvalue weighted by Gasteiger charge is 2.01. The predicted molar refractivity (Wildman–Crippen MR) is 29.3 cm³/mol. The van der Waals surface area contributed by atoms with Gasteiger partial charge in [0.25, 0.3) is 0 Å². The zero-order chi connectivity index (χ0) is 6.57. The van der Waals surface area contributed by atoms with Gasteiger partial charge in [-0.1, -0.05) is 5.16 Å². The van der Waals surface area contributed by atoms with E-state index < -0.39 is 0 Å². The molecule has 0 aliphatic rings. The molecule has 0 amide bonds. The highest BCUT2D eigenvalue weighted by Crippen LogP contribution is 1.82. The van der Waals surface area contributed by atoms with Gasteiger partial charge in [-0.05, 0) is 13.8 Å². The Morgan fingerprint density at radius 2 is 2.25 bits per heavy atom. The molecule has 1 atom stereocenters. The minimum absolute atomic E-state index is 0.278. The zero-order valence-corrected chi connectivity index (χ0v) is 4.92. The Morgan fingerprint density at radius 1 is 1.75 bits per heavy atom. The molecule has 0 aromatic heterocycles. The smallest absolute Gasteiger partial charge is 0.0729 e. The lowest BCUT2D eigenvalue weighted by molar-refractivity contribution is 0.153. The molecule has 0 aromatic carbocycles. The monoisotopic (exact) mass is 118 g/mol. The van der Waals surface area contributed by atoms with Crippen molar-refractivity contribution in [2.75, 3.05) is 0 Å². The molecule has 0 aromatic rings. The molecule has 8 heavy (non-hydrogen) atoms. The lowest BCUT2D eigenvalue weighted by atomic mass is 10.2. The molecule has 0 aliphatic heterocycles. The van der Waals surface area contributed by atoms with Crippen molar-refractivity contribution in [1.82, 2.24) is 5.48 Å². The highest BCUT2D eigenvalue weighted by molar-refractivity contribution is 5.86. The van der Waals surface area contributed by atoms with E-state index in [1.807, 2.05) is 5.48 Å². The van der Waals surface area contributed by atoms with Gasteiger partial charge in [0.2, 0.25) is 0 Å². The Labute approximate surface area is 47.8 Å². The fourth-order valence-corrected chi connectivity index (χ4v) is 0.180. The number of nitrogens with one attached hydrogen (secondary N) is 1. The Balaban J connectivity index is 3.63. The first-order valence-electron chi connectivity index (χ1n) is 2.30. The van der Waals surface area contributed by atoms with Crippen LogP contribution in [0.4, 0.5) is 0 Å². The number of nitrogens with zero attached hydrogens (tertiary/aromatic N) is 1. The van der Waals surface area contributed by atoms with Crippen molar-refractivity contribution in [3.8, 4) is 0 Å². The van der Waals surface area contributed by atoms with E-state index in [9.17, 15) is 0 Å². The summed E-state index contributed by atoms with van der Waals surface area (Å²) in [5, 5.41) is 19.1. The number of rotatable bonds is 2. The summed E-state index contributed by atoms with van der Waals surface area (Å²) in [4.78, 5) is 0. The minimum atomic E-state index is -0.278. The number of hydroxylamine groups is 1. The van der Waals surface area contributed by atoms with Crippen molar-refractivity contribution in [3.63, 3.8) is 0 Å². The van der Waals surface area contributed by atoms with Crippen LogP contribution >= 0.6 is 0 Å². The molecular formula is C4H10N2O2. The molecule has 0 bridgehead atoms. The lowest BCUT2D eigenvalue weighted by Crippen LogP contribution is -2.29. The van der Waals surface area contributed by atoms with Gasteiger partial charge in [-0.3, -0.25) is 0 Å². The Hall–Kier alpha value is -0.610. The van der Waals surface area contributed by atoms with E-state index in [0.717, 1.165) is 0 Å². The average Bonchev–Trinajstić information content (AvgIpc) is 1.84. The molecule has 3 N–H and O–H groups in total. The Kier molecular flexibility index (Phi) is 3.14. The maximum Gasteiger partial charge on any atom is 0.0729 e. The summed E-state index contributed by atoms with van der Waals surface area (Å²) in [7, 11) is 0. The summed E-state index contributed by atoms with van der Waals surface area (Å²) < 4.78 is 0. The zero-order valence-electron chi connectivity index (χ0n) is 4.92. The van der Waals surface area contributed by atoms with Gasteiger partial charge in [-0.15, -0.1) is 0 Å². The van der Waals surface area contributed by atoms with Crippen LogP contribution in [0.5, 0.6) is 0 Å². The molecule has 4 nitrogen and oxygen atoms in total. The van der Waals surface area contributed by atoms with Crippen molar-refractivity contribution in [2.45, 2.75) is 19.9 Å². The molecule has 48 valence electrons. The molecular weight excluding hydrogens is 108 g/mol. The third-order valence-electron chi connectivity index (χ3n) is 0.978. The van der Waals surface area contributed by atoms with E-state index in [-0.39, 0.29) is 6.04 Å². The Morgan fingerprint density at radius 3 is 2.38 bits per heavy atom. The maximum absolute atomic E-state index is 8.19. The third-order valence-corrected chi connectivity index (χ3v) is 0.978. The predicted octanol–water partition coefficient (Wildman–Crippen LogP) is 0.204. The van der Waals surface area contributed by atoms with Gasteiger partial charge >= 0.3 is 0 Å². The third kappa shape index (κ3) is 1.90. The van der Waals surface area contributed by atoms with Crippen LogP contribution in [0.3, 0.4) is 0 Å². The van der Waals surface area contributed by atoms with Crippen LogP contribution in [0.2, 0.25) is 0 Å². The van der Waals surface area contributed by atoms with Gasteiger partial charge in [0.05, 0.1) is 11.8 Å². The van der Waals surface area contributed by atoms with E-state index in [1.165, 1.54) is 0 Å². The van der Waals surface area contributed by atoms with Crippen molar-refractivity contribution in [2.24, 2.45) is 5.16 Å². The molecule has 4 heteroatoms. The maximum atomic E-state index is 8.19. The first kappa shape index (κ1) is 7.39. The molecule has 0 fully saturated rings. The van der Waals surface area contributed by atoms with Crippen molar-refractivity contribution >= 4 is 5.71 Å². The molecule has 0 rings (SSSR count). The van der Waals surface area contributed by atoms with Crippen LogP contribution in [-0.4, -0.2) is 22.2 Å². The van der Waals surface area contributed by atoms with Gasteiger partial charge in [-0.2, -0.15) is 5.48 Å². The summed E-state index contributed by atoms with van der Waals surface area (Å²) in [5.41, 5.74) is 2.38. The molecule has 0 spiro atoms. The number of oxime groups is 1. The molecule has 0 radical (unpaired) electrons. The van der Waals surface area contributed by atoms with Crippen LogP contribution < -0.4 is 5.48 Å². The molecule has 0 saturated carbocycles. The van der Waals surface area contributed by atoms with Crippen molar-refractivity contribution in [1.29, 1.82) is 0 Å². The van der Waals surface area contributed by atoms with Gasteiger partial charge < -0.3 is 10.4 Å². The fourth-order valence-electron chi connectivity index (χ4n) is 0.180. The van der Waals surface area contributed by atoms with Gasteiger partial charge in [0.1, 0.15) is 0 Å². The summed E-state index contributed by atoms with van der Waals surface area (Å²) in [5.74, 6) is 0. The standard InChI is InChI=1S/C4H10N2O2/c1-3(5-7)4(2)6-8/h3,5,7-8H,1-2H3/b6-4-. The molecule has 0 aliphatic carbocycles. The lowest BCUT2D eigenvalue weighted by Gasteiger charge is -2.04. The number of hydrogen-bond donors (Lipinski definition) is 3. The van der Waals surface area contributed by atoms with Gasteiger partial charge in [0, 0.05) is 0 Å². The normalized spacial score (nSPS) is 16.1. The second kappa shape index (κ2) is 3.40. The highest BCUT2D eigenvalue weighted by atomic mass is 16.5. The summed E-state index contributed by atoms with van der Waals surface area (Å²) in [6.45, 7) is 3.28. The van der Waals surface area contributed by atoms with Crippen molar-refractivity contribution < 1.29 is 10.4 Å². The van der Waals surface area contributed by atoms with E-state index in [4.69, 9.17) is 10.4 Å². The summed E-state index contributed by atoms with van der Waals surface area (Å²) in [6, 6.07) is -0.278. The van der Waals surface area contributed by atoms with Crippen LogP contribution in [0.15, 0.2) is 5.16 Å². The largest absolute Gasteiger partial charge is 0.411 e. The van der Waals surface area contributed by atoms with Crippen LogP contribution in [-0.2, 0) is 0 Å². The molecule has 1 unspecified atom stereocenters. The van der Waals surface area contributed by atoms with Crippen molar-refractivity contribution in [3.05, 3.63) is 0 Å². The van der Waals surface area contributed by atoms with Crippen LogP contribution in [0.1, 0.15) is 13.8 Å². The van der Waals surface area contributed by atoms with Crippen LogP contribution in [0, 0.1) is 0 Å². The molecule has 0 saturated heterocycles. The summed E-state index contributed by atoms with van der Waals surface area (Å²) >= 11 is 0. The van der Waals surface area contributed by atoms with E-state index in [2.05, 4.69) is 5.16 Å². The quantitative estimate of drug-likeness (QED) is 0.276. The van der Waals surface area contributed by atoms with E-state index in [1.54, 1.807) is 13.8 Å².